The van der Waals surface area contributed by atoms with E-state index in [1.807, 2.05) is 27.7 Å². The van der Waals surface area contributed by atoms with Crippen LogP contribution in [0.1, 0.15) is 57.8 Å². The second kappa shape index (κ2) is 6.64. The van der Waals surface area contributed by atoms with Gasteiger partial charge in [-0.15, -0.1) is 0 Å². The first-order valence-corrected chi connectivity index (χ1v) is 7.01. The van der Waals surface area contributed by atoms with Crippen LogP contribution in [0.15, 0.2) is 6.07 Å². The Morgan fingerprint density at radius 1 is 1.16 bits per heavy atom. The van der Waals surface area contributed by atoms with Crippen LogP contribution >= 0.6 is 0 Å². The fourth-order valence-corrected chi connectivity index (χ4v) is 1.75. The van der Waals surface area contributed by atoms with Crippen molar-refractivity contribution in [3.05, 3.63) is 29.1 Å². The van der Waals surface area contributed by atoms with Gasteiger partial charge in [0.05, 0.1) is 5.52 Å². The largest absolute Gasteiger partial charge is 0.342 e. The molecule has 1 aromatic carbocycles. The maximum atomic E-state index is 13.6. The van der Waals surface area contributed by atoms with E-state index in [1.165, 1.54) is 13.0 Å². The number of rotatable bonds is 1. The summed E-state index contributed by atoms with van der Waals surface area (Å²) in [5.74, 6) is 0.133. The lowest BCUT2D eigenvalue weighted by molar-refractivity contribution is 0.575. The SMILES string of the molecule is CC.CC.Cc1c(F)cc2[nH]c(C3CC3)nc2c1F. The van der Waals surface area contributed by atoms with Crippen LogP contribution in [0, 0.1) is 18.6 Å². The average molecular weight is 268 g/mol. The van der Waals surface area contributed by atoms with E-state index in [9.17, 15) is 8.78 Å². The molecule has 0 bridgehead atoms. The van der Waals surface area contributed by atoms with Crippen molar-refractivity contribution in [1.29, 1.82) is 0 Å². The molecule has 1 aliphatic rings. The van der Waals surface area contributed by atoms with Crippen LogP contribution in [-0.4, -0.2) is 9.97 Å². The summed E-state index contributed by atoms with van der Waals surface area (Å²) in [5, 5.41) is 0. The lowest BCUT2D eigenvalue weighted by Gasteiger charge is -1.97. The van der Waals surface area contributed by atoms with Crippen molar-refractivity contribution in [3.63, 3.8) is 0 Å². The van der Waals surface area contributed by atoms with Gasteiger partial charge in [-0.1, -0.05) is 27.7 Å². The van der Waals surface area contributed by atoms with Crippen LogP contribution in [0.2, 0.25) is 0 Å². The number of aromatic nitrogens is 2. The molecule has 4 heteroatoms. The Kier molecular flexibility index (Phi) is 5.45. The summed E-state index contributed by atoms with van der Waals surface area (Å²) < 4.78 is 26.9. The third kappa shape index (κ3) is 3.11. The zero-order valence-electron chi connectivity index (χ0n) is 12.3. The molecule has 1 N–H and O–H groups in total. The van der Waals surface area contributed by atoms with E-state index in [2.05, 4.69) is 9.97 Å². The fourth-order valence-electron chi connectivity index (χ4n) is 1.75. The topological polar surface area (TPSA) is 28.7 Å². The molecule has 0 amide bonds. The Morgan fingerprint density at radius 3 is 2.26 bits per heavy atom. The van der Waals surface area contributed by atoms with Crippen LogP contribution in [-0.2, 0) is 0 Å². The van der Waals surface area contributed by atoms with Crippen molar-refractivity contribution in [1.82, 2.24) is 9.97 Å². The molecule has 1 fully saturated rings. The number of H-pyrrole nitrogens is 1. The van der Waals surface area contributed by atoms with Crippen LogP contribution in [0.4, 0.5) is 8.78 Å². The second-order valence-electron chi connectivity index (χ2n) is 4.09. The van der Waals surface area contributed by atoms with Crippen molar-refractivity contribution in [2.24, 2.45) is 0 Å². The molecule has 1 aliphatic carbocycles. The smallest absolute Gasteiger partial charge is 0.156 e. The molecule has 106 valence electrons. The quantitative estimate of drug-likeness (QED) is 0.767. The highest BCUT2D eigenvalue weighted by Gasteiger charge is 2.27. The van der Waals surface area contributed by atoms with Crippen molar-refractivity contribution in [3.8, 4) is 0 Å². The Morgan fingerprint density at radius 2 is 1.74 bits per heavy atom. The molecule has 0 atom stereocenters. The van der Waals surface area contributed by atoms with Gasteiger partial charge in [0, 0.05) is 17.5 Å². The zero-order chi connectivity index (χ0) is 14.6. The highest BCUT2D eigenvalue weighted by Crippen LogP contribution is 2.39. The predicted molar refractivity (Wildman–Crippen MR) is 75.4 cm³/mol. The summed E-state index contributed by atoms with van der Waals surface area (Å²) in [5.41, 5.74) is 0.754. The number of hydrogen-bond acceptors (Lipinski definition) is 1. The number of nitrogens with one attached hydrogen (secondary N) is 1. The Hall–Kier alpha value is -1.45. The van der Waals surface area contributed by atoms with Crippen molar-refractivity contribution in [2.45, 2.75) is 53.4 Å². The van der Waals surface area contributed by atoms with E-state index in [-0.39, 0.29) is 11.1 Å². The average Bonchev–Trinajstić information content (AvgIpc) is 3.22. The molecular formula is C15H22F2N2. The van der Waals surface area contributed by atoms with Gasteiger partial charge in [-0.25, -0.2) is 13.8 Å². The van der Waals surface area contributed by atoms with Gasteiger partial charge < -0.3 is 4.98 Å². The standard InChI is InChI=1S/C11H10F2N2.2C2H6/c1-5-7(12)4-8-10(9(5)13)15-11(14-8)6-2-3-6;2*1-2/h4,6H,2-3H2,1H3,(H,14,15);2*1-2H3. The van der Waals surface area contributed by atoms with E-state index in [0.29, 0.717) is 11.4 Å². The van der Waals surface area contributed by atoms with Crippen molar-refractivity contribution >= 4 is 11.0 Å². The molecule has 19 heavy (non-hydrogen) atoms. The molecular weight excluding hydrogens is 246 g/mol. The summed E-state index contributed by atoms with van der Waals surface area (Å²) in [4.78, 5) is 7.15. The minimum Gasteiger partial charge on any atom is -0.342 e. The second-order valence-corrected chi connectivity index (χ2v) is 4.09. The minimum absolute atomic E-state index is 0.0383. The van der Waals surface area contributed by atoms with Gasteiger partial charge in [0.2, 0.25) is 0 Å². The van der Waals surface area contributed by atoms with Gasteiger partial charge in [0.1, 0.15) is 17.2 Å². The number of halogens is 2. The number of hydrogen-bond donors (Lipinski definition) is 1. The van der Waals surface area contributed by atoms with E-state index in [0.717, 1.165) is 18.7 Å². The molecule has 0 spiro atoms. The predicted octanol–water partition coefficient (Wildman–Crippen LogP) is 5.08. The minimum atomic E-state index is -0.548. The van der Waals surface area contributed by atoms with Gasteiger partial charge in [-0.3, -0.25) is 0 Å². The molecule has 3 rings (SSSR count). The highest BCUT2D eigenvalue weighted by molar-refractivity contribution is 5.77. The summed E-state index contributed by atoms with van der Waals surface area (Å²) in [6.45, 7) is 9.43. The zero-order valence-corrected chi connectivity index (χ0v) is 12.3. The van der Waals surface area contributed by atoms with E-state index in [1.54, 1.807) is 0 Å². The summed E-state index contributed by atoms with van der Waals surface area (Å²) in [6, 6.07) is 1.31. The number of fused-ring (bicyclic) bond motifs is 1. The molecule has 1 saturated carbocycles. The van der Waals surface area contributed by atoms with Crippen molar-refractivity contribution in [2.75, 3.05) is 0 Å². The van der Waals surface area contributed by atoms with Crippen molar-refractivity contribution < 1.29 is 8.78 Å². The lowest BCUT2D eigenvalue weighted by atomic mass is 10.2. The third-order valence-electron chi connectivity index (χ3n) is 2.88. The molecule has 0 radical (unpaired) electrons. The van der Waals surface area contributed by atoms with Crippen LogP contribution in [0.3, 0.4) is 0 Å². The number of aromatic amines is 1. The molecule has 0 unspecified atom stereocenters. The number of nitrogens with zero attached hydrogens (tertiary/aromatic N) is 1. The van der Waals surface area contributed by atoms with Gasteiger partial charge in [0.15, 0.2) is 5.82 Å². The Labute approximate surface area is 113 Å². The molecule has 1 aromatic heterocycles. The Balaban J connectivity index is 0.000000415. The fraction of sp³-hybridized carbons (Fsp3) is 0.533. The molecule has 1 heterocycles. The summed E-state index contributed by atoms with van der Waals surface area (Å²) in [6.07, 6.45) is 2.17. The first-order chi connectivity index (χ1) is 9.16. The molecule has 0 saturated heterocycles. The monoisotopic (exact) mass is 268 g/mol. The summed E-state index contributed by atoms with van der Waals surface area (Å²) >= 11 is 0. The summed E-state index contributed by atoms with van der Waals surface area (Å²) in [7, 11) is 0. The van der Waals surface area contributed by atoms with Gasteiger partial charge >= 0.3 is 0 Å². The van der Waals surface area contributed by atoms with Gasteiger partial charge in [0.25, 0.3) is 0 Å². The van der Waals surface area contributed by atoms with E-state index < -0.39 is 11.6 Å². The molecule has 0 aliphatic heterocycles. The maximum absolute atomic E-state index is 13.6. The molecule has 2 aromatic rings. The lowest BCUT2D eigenvalue weighted by Crippen LogP contribution is -1.89. The van der Waals surface area contributed by atoms with E-state index >= 15 is 0 Å². The van der Waals surface area contributed by atoms with Crippen LogP contribution in [0.25, 0.3) is 11.0 Å². The van der Waals surface area contributed by atoms with Crippen LogP contribution in [0.5, 0.6) is 0 Å². The first kappa shape index (κ1) is 15.6. The number of benzene rings is 1. The third-order valence-corrected chi connectivity index (χ3v) is 2.88. The normalized spacial score (nSPS) is 13.4. The van der Waals surface area contributed by atoms with Gasteiger partial charge in [-0.2, -0.15) is 0 Å². The first-order valence-electron chi connectivity index (χ1n) is 7.01. The van der Waals surface area contributed by atoms with Gasteiger partial charge in [-0.05, 0) is 19.8 Å². The van der Waals surface area contributed by atoms with E-state index in [4.69, 9.17) is 0 Å². The molecule has 2 nitrogen and oxygen atoms in total. The number of imidazole rings is 1. The maximum Gasteiger partial charge on any atom is 0.156 e. The van der Waals surface area contributed by atoms with Crippen LogP contribution < -0.4 is 0 Å². The Bertz CT molecular complexity index is 543. The highest BCUT2D eigenvalue weighted by atomic mass is 19.1.